The van der Waals surface area contributed by atoms with Gasteiger partial charge in [0.1, 0.15) is 5.69 Å². The number of para-hydroxylation sites is 5. The van der Waals surface area contributed by atoms with Crippen molar-refractivity contribution in [3.05, 3.63) is 127 Å². The molecule has 0 saturated carbocycles. The maximum Gasteiger partial charge on any atom is 0.165 e. The zero-order valence-corrected chi connectivity index (χ0v) is 22.9. The molecule has 0 saturated heterocycles. The lowest BCUT2D eigenvalue weighted by molar-refractivity contribution is 1.08. The first-order chi connectivity index (χ1) is 21.3. The largest absolute Gasteiger partial charge is 0.291 e. The summed E-state index contributed by atoms with van der Waals surface area (Å²) in [7, 11) is 0. The van der Waals surface area contributed by atoms with Gasteiger partial charge in [0, 0.05) is 38.2 Å². The molecule has 0 radical (unpaired) electrons. The Kier molecular flexibility index (Phi) is 4.39. The van der Waals surface area contributed by atoms with Crippen LogP contribution in [0.1, 0.15) is 0 Å². The molecule has 6 aromatic carbocycles. The van der Waals surface area contributed by atoms with Gasteiger partial charge in [0.05, 0.1) is 44.5 Å². The predicted octanol–water partition coefficient (Wildman–Crippen LogP) is 9.14. The van der Waals surface area contributed by atoms with Gasteiger partial charge >= 0.3 is 0 Å². The van der Waals surface area contributed by atoms with E-state index in [-0.39, 0.29) is 0 Å². The van der Waals surface area contributed by atoms with Gasteiger partial charge in [0.15, 0.2) is 5.82 Å². The standard InChI is InChI=1S/C38H21N5/c1-2-11-22(12-3-1)34-38(42-31-19-8-7-18-30(31)39-34)43-32-20-9-4-13-23(32)26-21-27-33-24(14-10-15-25(33)37(26)43)35-36(27)41-29-17-6-5-16-28(29)40-35/h1-21H. The SMILES string of the molecule is c1ccc(-c2nc3ccccc3nc2-n2c3ccccc3c3cc4c5c(cccc5c32)-c2nc3ccccc3nc2-4)cc1. The molecule has 43 heavy (non-hydrogen) atoms. The maximum absolute atomic E-state index is 5.31. The Morgan fingerprint density at radius 2 is 1.00 bits per heavy atom. The summed E-state index contributed by atoms with van der Waals surface area (Å²) in [6.45, 7) is 0. The maximum atomic E-state index is 5.31. The van der Waals surface area contributed by atoms with E-state index in [1.165, 1.54) is 5.39 Å². The van der Waals surface area contributed by atoms with Crippen molar-refractivity contribution in [2.45, 2.75) is 0 Å². The molecule has 0 unspecified atom stereocenters. The molecule has 198 valence electrons. The van der Waals surface area contributed by atoms with Crippen LogP contribution in [-0.2, 0) is 0 Å². The summed E-state index contributed by atoms with van der Waals surface area (Å²) in [5.41, 5.74) is 11.8. The average molecular weight is 548 g/mol. The number of rotatable bonds is 2. The van der Waals surface area contributed by atoms with Crippen molar-refractivity contribution < 1.29 is 0 Å². The van der Waals surface area contributed by atoms with Crippen molar-refractivity contribution in [1.82, 2.24) is 24.5 Å². The van der Waals surface area contributed by atoms with Gasteiger partial charge in [-0.15, -0.1) is 0 Å². The van der Waals surface area contributed by atoms with Crippen molar-refractivity contribution in [3.8, 4) is 39.6 Å². The van der Waals surface area contributed by atoms with Gasteiger partial charge in [-0.05, 0) is 36.4 Å². The second-order valence-electron chi connectivity index (χ2n) is 11.1. The van der Waals surface area contributed by atoms with Crippen molar-refractivity contribution in [1.29, 1.82) is 0 Å². The van der Waals surface area contributed by atoms with E-state index in [0.717, 1.165) is 88.8 Å². The van der Waals surface area contributed by atoms with Crippen molar-refractivity contribution >= 4 is 54.6 Å². The van der Waals surface area contributed by atoms with Gasteiger partial charge in [-0.25, -0.2) is 19.9 Å². The van der Waals surface area contributed by atoms with Crippen LogP contribution in [0, 0.1) is 0 Å². The summed E-state index contributed by atoms with van der Waals surface area (Å²) in [6.07, 6.45) is 0. The Balaban J connectivity index is 1.39. The second kappa shape index (κ2) is 8.30. The fourth-order valence-corrected chi connectivity index (χ4v) is 6.85. The summed E-state index contributed by atoms with van der Waals surface area (Å²) in [5, 5.41) is 4.66. The van der Waals surface area contributed by atoms with Gasteiger partial charge in [-0.3, -0.25) is 4.57 Å². The van der Waals surface area contributed by atoms with E-state index in [4.69, 9.17) is 19.9 Å². The number of aromatic nitrogens is 5. The molecule has 0 N–H and O–H groups in total. The van der Waals surface area contributed by atoms with E-state index in [1.807, 2.05) is 54.6 Å². The zero-order chi connectivity index (χ0) is 28.1. The molecule has 5 nitrogen and oxygen atoms in total. The summed E-state index contributed by atoms with van der Waals surface area (Å²) >= 11 is 0. The average Bonchev–Trinajstić information content (AvgIpc) is 3.57. The smallest absolute Gasteiger partial charge is 0.165 e. The van der Waals surface area contributed by atoms with Crippen molar-refractivity contribution in [3.63, 3.8) is 0 Å². The molecule has 1 aliphatic carbocycles. The lowest BCUT2D eigenvalue weighted by atomic mass is 10.00. The molecule has 0 amide bonds. The van der Waals surface area contributed by atoms with E-state index in [2.05, 4.69) is 77.4 Å². The van der Waals surface area contributed by atoms with Crippen molar-refractivity contribution in [2.75, 3.05) is 0 Å². The minimum Gasteiger partial charge on any atom is -0.291 e. The number of hydrogen-bond donors (Lipinski definition) is 0. The Morgan fingerprint density at radius 1 is 0.419 bits per heavy atom. The molecule has 3 heterocycles. The molecule has 0 bridgehead atoms. The highest BCUT2D eigenvalue weighted by molar-refractivity contribution is 6.27. The van der Waals surface area contributed by atoms with Crippen LogP contribution in [0.25, 0.3) is 94.2 Å². The van der Waals surface area contributed by atoms with Gasteiger partial charge in [-0.2, -0.15) is 0 Å². The van der Waals surface area contributed by atoms with Crippen LogP contribution < -0.4 is 0 Å². The molecule has 3 aromatic heterocycles. The first kappa shape index (κ1) is 22.7. The van der Waals surface area contributed by atoms with Gasteiger partial charge in [0.25, 0.3) is 0 Å². The van der Waals surface area contributed by atoms with Gasteiger partial charge in [0.2, 0.25) is 0 Å². The molecule has 1 aliphatic rings. The molecular weight excluding hydrogens is 526 g/mol. The van der Waals surface area contributed by atoms with Crippen LogP contribution in [0.4, 0.5) is 0 Å². The third-order valence-corrected chi connectivity index (χ3v) is 8.68. The molecule has 10 rings (SSSR count). The van der Waals surface area contributed by atoms with Crippen LogP contribution >= 0.6 is 0 Å². The van der Waals surface area contributed by atoms with Crippen LogP contribution in [-0.4, -0.2) is 24.5 Å². The molecule has 0 spiro atoms. The molecule has 0 atom stereocenters. The third-order valence-electron chi connectivity index (χ3n) is 8.68. The van der Waals surface area contributed by atoms with Crippen LogP contribution in [0.15, 0.2) is 127 Å². The van der Waals surface area contributed by atoms with E-state index < -0.39 is 0 Å². The first-order valence-electron chi connectivity index (χ1n) is 14.4. The highest BCUT2D eigenvalue weighted by Gasteiger charge is 2.29. The van der Waals surface area contributed by atoms with Gasteiger partial charge < -0.3 is 0 Å². The summed E-state index contributed by atoms with van der Waals surface area (Å²) in [4.78, 5) is 20.8. The van der Waals surface area contributed by atoms with E-state index in [9.17, 15) is 0 Å². The number of hydrogen-bond acceptors (Lipinski definition) is 4. The van der Waals surface area contributed by atoms with Crippen LogP contribution in [0.3, 0.4) is 0 Å². The quantitative estimate of drug-likeness (QED) is 0.217. The third kappa shape index (κ3) is 3.05. The minimum atomic E-state index is 0.814. The van der Waals surface area contributed by atoms with Crippen molar-refractivity contribution in [2.24, 2.45) is 0 Å². The Labute approximate surface area is 245 Å². The normalized spacial score (nSPS) is 12.2. The zero-order valence-electron chi connectivity index (χ0n) is 22.9. The molecule has 0 aliphatic heterocycles. The summed E-state index contributed by atoms with van der Waals surface area (Å²) < 4.78 is 2.32. The number of fused-ring (bicyclic) bond motifs is 9. The van der Waals surface area contributed by atoms with E-state index >= 15 is 0 Å². The molecule has 9 aromatic rings. The summed E-state index contributed by atoms with van der Waals surface area (Å²) in [6, 6.07) is 44.0. The molecule has 0 fully saturated rings. The lowest BCUT2D eigenvalue weighted by Crippen LogP contribution is -2.04. The fraction of sp³-hybridized carbons (Fsp3) is 0. The number of nitrogens with zero attached hydrogens (tertiary/aromatic N) is 5. The molecular formula is C38H21N5. The van der Waals surface area contributed by atoms with E-state index in [1.54, 1.807) is 0 Å². The van der Waals surface area contributed by atoms with Crippen LogP contribution in [0.2, 0.25) is 0 Å². The highest BCUT2D eigenvalue weighted by Crippen LogP contribution is 2.50. The van der Waals surface area contributed by atoms with E-state index in [0.29, 0.717) is 0 Å². The topological polar surface area (TPSA) is 56.5 Å². The monoisotopic (exact) mass is 547 g/mol. The molecule has 5 heteroatoms. The Morgan fingerprint density at radius 3 is 1.74 bits per heavy atom. The minimum absolute atomic E-state index is 0.814. The highest BCUT2D eigenvalue weighted by atomic mass is 15.1. The lowest BCUT2D eigenvalue weighted by Gasteiger charge is -2.15. The fourth-order valence-electron chi connectivity index (χ4n) is 6.85. The Bertz CT molecular complexity index is 2620. The predicted molar refractivity (Wildman–Crippen MR) is 174 cm³/mol. The summed E-state index contributed by atoms with van der Waals surface area (Å²) in [5.74, 6) is 0.814. The Hall–Kier alpha value is -5.94. The number of benzene rings is 6. The first-order valence-corrected chi connectivity index (χ1v) is 14.4. The van der Waals surface area contributed by atoms with Crippen LogP contribution in [0.5, 0.6) is 0 Å². The van der Waals surface area contributed by atoms with Gasteiger partial charge in [-0.1, -0.05) is 91.0 Å². The second-order valence-corrected chi connectivity index (χ2v) is 11.1.